The van der Waals surface area contributed by atoms with E-state index in [1.165, 1.54) is 13.0 Å². The first-order chi connectivity index (χ1) is 15.9. The lowest BCUT2D eigenvalue weighted by Gasteiger charge is -2.26. The van der Waals surface area contributed by atoms with E-state index in [0.29, 0.717) is 0 Å². The average molecular weight is 445 g/mol. The molecular weight excluding hydrogens is 421 g/mol. The summed E-state index contributed by atoms with van der Waals surface area (Å²) in [7, 11) is 0. The van der Waals surface area contributed by atoms with Crippen molar-refractivity contribution in [3.05, 3.63) is 95.3 Å². The van der Waals surface area contributed by atoms with E-state index >= 15 is 0 Å². The second-order valence-corrected chi connectivity index (χ2v) is 8.09. The summed E-state index contributed by atoms with van der Waals surface area (Å²) in [6, 6.07) is 19.2. The largest absolute Gasteiger partial charge is 0.368 e. The molecule has 0 unspecified atom stereocenters. The molecule has 3 aromatic carbocycles. The van der Waals surface area contributed by atoms with Crippen LogP contribution in [0.25, 0.3) is 11.1 Å². The molecule has 168 valence electrons. The number of primary amides is 1. The van der Waals surface area contributed by atoms with Crippen LogP contribution in [0.15, 0.2) is 72.8 Å². The highest BCUT2D eigenvalue weighted by molar-refractivity contribution is 5.94. The monoisotopic (exact) mass is 445 g/mol. The zero-order valence-electron chi connectivity index (χ0n) is 18.0. The van der Waals surface area contributed by atoms with E-state index in [9.17, 15) is 18.8 Å². The van der Waals surface area contributed by atoms with E-state index < -0.39 is 41.5 Å². The van der Waals surface area contributed by atoms with Crippen molar-refractivity contribution >= 4 is 17.7 Å². The third-order valence-electron chi connectivity index (χ3n) is 5.90. The van der Waals surface area contributed by atoms with E-state index in [0.717, 1.165) is 22.3 Å². The van der Waals surface area contributed by atoms with Gasteiger partial charge < -0.3 is 16.4 Å². The molecule has 33 heavy (non-hydrogen) atoms. The Morgan fingerprint density at radius 1 is 0.879 bits per heavy atom. The summed E-state index contributed by atoms with van der Waals surface area (Å²) < 4.78 is 14.2. The van der Waals surface area contributed by atoms with Crippen LogP contribution < -0.4 is 16.4 Å². The number of hydrogen-bond donors (Lipinski definition) is 3. The van der Waals surface area contributed by atoms with Crippen LogP contribution in [-0.4, -0.2) is 29.8 Å². The highest BCUT2D eigenvalue weighted by Crippen LogP contribution is 2.46. The highest BCUT2D eigenvalue weighted by atomic mass is 19.1. The maximum atomic E-state index is 14.2. The first kappa shape index (κ1) is 22.2. The molecule has 1 aliphatic carbocycles. The molecule has 4 N–H and O–H groups in total. The van der Waals surface area contributed by atoms with Crippen molar-refractivity contribution in [2.45, 2.75) is 31.3 Å². The lowest BCUT2D eigenvalue weighted by molar-refractivity contribution is -0.131. The zero-order chi connectivity index (χ0) is 23.5. The predicted octanol–water partition coefficient (Wildman–Crippen LogP) is 2.66. The number of rotatable bonds is 7. The second-order valence-electron chi connectivity index (χ2n) is 8.09. The van der Waals surface area contributed by atoms with Gasteiger partial charge in [-0.3, -0.25) is 14.4 Å². The molecule has 0 aromatic heterocycles. The van der Waals surface area contributed by atoms with Gasteiger partial charge in [-0.25, -0.2) is 4.39 Å². The van der Waals surface area contributed by atoms with Gasteiger partial charge in [0.2, 0.25) is 17.7 Å². The Kier molecular flexibility index (Phi) is 6.22. The normalized spacial score (nSPS) is 14.0. The third kappa shape index (κ3) is 4.48. The van der Waals surface area contributed by atoms with Crippen molar-refractivity contribution in [3.8, 4) is 11.1 Å². The van der Waals surface area contributed by atoms with Crippen LogP contribution in [0.1, 0.15) is 29.5 Å². The molecule has 2 atom stereocenters. The van der Waals surface area contributed by atoms with Gasteiger partial charge >= 0.3 is 0 Å². The number of nitrogens with one attached hydrogen (secondary N) is 2. The second kappa shape index (κ2) is 9.24. The van der Waals surface area contributed by atoms with Crippen molar-refractivity contribution in [3.63, 3.8) is 0 Å². The Labute approximate surface area is 191 Å². The van der Waals surface area contributed by atoms with E-state index in [4.69, 9.17) is 5.73 Å². The van der Waals surface area contributed by atoms with Crippen LogP contribution in [-0.2, 0) is 20.8 Å². The molecular formula is C26H24FN3O3. The summed E-state index contributed by atoms with van der Waals surface area (Å²) in [4.78, 5) is 37.6. The first-order valence-electron chi connectivity index (χ1n) is 10.6. The van der Waals surface area contributed by atoms with Gasteiger partial charge in [-0.2, -0.15) is 0 Å². The Morgan fingerprint density at radius 3 is 1.97 bits per heavy atom. The van der Waals surface area contributed by atoms with Gasteiger partial charge in [-0.05, 0) is 33.9 Å². The Balaban J connectivity index is 1.66. The van der Waals surface area contributed by atoms with Crippen molar-refractivity contribution < 1.29 is 18.8 Å². The lowest BCUT2D eigenvalue weighted by atomic mass is 9.88. The molecule has 0 fully saturated rings. The Hall–Kier alpha value is -4.00. The van der Waals surface area contributed by atoms with Crippen LogP contribution in [0.2, 0.25) is 0 Å². The quantitative estimate of drug-likeness (QED) is 0.521. The molecule has 0 saturated carbocycles. The number of halogens is 1. The molecule has 0 spiro atoms. The summed E-state index contributed by atoms with van der Waals surface area (Å²) in [5.74, 6) is -2.72. The fraction of sp³-hybridized carbons (Fsp3) is 0.192. The molecule has 6 nitrogen and oxygen atoms in total. The van der Waals surface area contributed by atoms with Gasteiger partial charge in [-0.1, -0.05) is 66.7 Å². The minimum Gasteiger partial charge on any atom is -0.368 e. The van der Waals surface area contributed by atoms with Crippen molar-refractivity contribution in [2.75, 3.05) is 0 Å². The molecule has 0 heterocycles. The molecule has 3 amide bonds. The van der Waals surface area contributed by atoms with Gasteiger partial charge in [0.1, 0.15) is 17.9 Å². The summed E-state index contributed by atoms with van der Waals surface area (Å²) >= 11 is 0. The fourth-order valence-electron chi connectivity index (χ4n) is 4.46. The maximum absolute atomic E-state index is 14.2. The minimum absolute atomic E-state index is 0.0680. The summed E-state index contributed by atoms with van der Waals surface area (Å²) in [5, 5.41) is 5.29. The molecule has 0 saturated heterocycles. The molecule has 1 aliphatic rings. The molecule has 7 heteroatoms. The molecule has 4 rings (SSSR count). The van der Waals surface area contributed by atoms with E-state index in [-0.39, 0.29) is 12.0 Å². The van der Waals surface area contributed by atoms with Crippen LogP contribution in [0, 0.1) is 5.82 Å². The first-order valence-corrected chi connectivity index (χ1v) is 10.6. The van der Waals surface area contributed by atoms with E-state index in [2.05, 4.69) is 10.6 Å². The molecule has 3 aromatic rings. The third-order valence-corrected chi connectivity index (χ3v) is 5.90. The number of carbonyl (C=O) groups is 3. The Morgan fingerprint density at radius 2 is 1.42 bits per heavy atom. The maximum Gasteiger partial charge on any atom is 0.243 e. The van der Waals surface area contributed by atoms with E-state index in [1.54, 1.807) is 18.2 Å². The smallest absolute Gasteiger partial charge is 0.243 e. The van der Waals surface area contributed by atoms with Crippen LogP contribution in [0.5, 0.6) is 0 Å². The van der Waals surface area contributed by atoms with Crippen LogP contribution in [0.3, 0.4) is 0 Å². The number of hydrogen-bond acceptors (Lipinski definition) is 3. The fourth-order valence-corrected chi connectivity index (χ4v) is 4.46. The number of carbonyl (C=O) groups excluding carboxylic acids is 3. The summed E-state index contributed by atoms with van der Waals surface area (Å²) in [6.07, 6.45) is -0.0680. The SMILES string of the molecule is CC(=O)N[C@H](Cc1ccccc1F)C(=O)N[C@H](C(N)=O)C1c2ccccc2-c2ccccc21. The average Bonchev–Trinajstić information content (AvgIpc) is 3.12. The topological polar surface area (TPSA) is 101 Å². The van der Waals surface area contributed by atoms with Crippen LogP contribution in [0.4, 0.5) is 4.39 Å². The van der Waals surface area contributed by atoms with Crippen molar-refractivity contribution in [2.24, 2.45) is 5.73 Å². The zero-order valence-corrected chi connectivity index (χ0v) is 18.0. The van der Waals surface area contributed by atoms with Gasteiger partial charge in [0.05, 0.1) is 0 Å². The minimum atomic E-state index is -1.08. The highest BCUT2D eigenvalue weighted by Gasteiger charge is 2.39. The van der Waals surface area contributed by atoms with Crippen molar-refractivity contribution in [1.82, 2.24) is 10.6 Å². The van der Waals surface area contributed by atoms with E-state index in [1.807, 2.05) is 48.5 Å². The Bertz CT molecular complexity index is 1180. The standard InChI is InChI=1S/C26H24FN3O3/c1-15(31)29-22(14-16-8-2-7-13-21(16)27)26(33)30-24(25(28)32)23-19-11-5-3-9-17(19)18-10-4-6-12-20(18)23/h2-13,22-24H,14H2,1H3,(H2,28,32)(H,29,31)(H,30,33)/t22-,24+/m1/s1. The summed E-state index contributed by atoms with van der Waals surface area (Å²) in [5.41, 5.74) is 9.75. The number of amides is 3. The van der Waals surface area contributed by atoms with Gasteiger partial charge in [-0.15, -0.1) is 0 Å². The van der Waals surface area contributed by atoms with Gasteiger partial charge in [0, 0.05) is 19.3 Å². The van der Waals surface area contributed by atoms with Crippen LogP contribution >= 0.6 is 0 Å². The number of fused-ring (bicyclic) bond motifs is 3. The predicted molar refractivity (Wildman–Crippen MR) is 123 cm³/mol. The molecule has 0 bridgehead atoms. The van der Waals surface area contributed by atoms with Gasteiger partial charge in [0.15, 0.2) is 0 Å². The van der Waals surface area contributed by atoms with Gasteiger partial charge in [0.25, 0.3) is 0 Å². The molecule has 0 radical (unpaired) electrons. The molecule has 0 aliphatic heterocycles. The number of nitrogens with two attached hydrogens (primary N) is 1. The summed E-state index contributed by atoms with van der Waals surface area (Å²) in [6.45, 7) is 1.27. The number of benzene rings is 3. The lowest BCUT2D eigenvalue weighted by Crippen LogP contribution is -2.55. The van der Waals surface area contributed by atoms with Crippen molar-refractivity contribution in [1.29, 1.82) is 0 Å².